The molecule has 0 atom stereocenters. The third kappa shape index (κ3) is 1.43. The van der Waals surface area contributed by atoms with Crippen LogP contribution in [0.1, 0.15) is 31.8 Å². The second kappa shape index (κ2) is 4.09. The Morgan fingerprint density at radius 2 is 1.55 bits per heavy atom. The highest BCUT2D eigenvalue weighted by molar-refractivity contribution is 6.29. The molecule has 0 spiro atoms. The van der Waals surface area contributed by atoms with Gasteiger partial charge in [-0.2, -0.15) is 0 Å². The third-order valence-electron chi connectivity index (χ3n) is 3.33. The van der Waals surface area contributed by atoms with E-state index in [1.165, 1.54) is 7.11 Å². The highest BCUT2D eigenvalue weighted by Gasteiger charge is 2.34. The van der Waals surface area contributed by atoms with Gasteiger partial charge in [0.05, 0.1) is 12.7 Å². The van der Waals surface area contributed by atoms with Crippen LogP contribution in [0.5, 0.6) is 17.2 Å². The molecule has 20 heavy (non-hydrogen) atoms. The van der Waals surface area contributed by atoms with Gasteiger partial charge in [0, 0.05) is 16.7 Å². The van der Waals surface area contributed by atoms with Gasteiger partial charge < -0.3 is 14.9 Å². The summed E-state index contributed by atoms with van der Waals surface area (Å²) < 4.78 is 4.97. The molecule has 3 rings (SSSR count). The van der Waals surface area contributed by atoms with Crippen LogP contribution in [0.3, 0.4) is 0 Å². The first-order chi connectivity index (χ1) is 9.56. The van der Waals surface area contributed by atoms with E-state index in [4.69, 9.17) is 4.74 Å². The van der Waals surface area contributed by atoms with E-state index in [9.17, 15) is 19.8 Å². The van der Waals surface area contributed by atoms with Crippen molar-refractivity contribution >= 4 is 11.6 Å². The quantitative estimate of drug-likeness (QED) is 0.659. The number of hydrogen-bond donors (Lipinski definition) is 2. The lowest BCUT2D eigenvalue weighted by atomic mass is 9.83. The van der Waals surface area contributed by atoms with Crippen LogP contribution in [0, 0.1) is 0 Å². The summed E-state index contributed by atoms with van der Waals surface area (Å²) in [4.78, 5) is 24.9. The van der Waals surface area contributed by atoms with E-state index >= 15 is 0 Å². The summed E-state index contributed by atoms with van der Waals surface area (Å²) in [7, 11) is 1.26. The Morgan fingerprint density at radius 3 is 2.15 bits per heavy atom. The number of rotatable bonds is 1. The van der Waals surface area contributed by atoms with E-state index in [0.717, 1.165) is 6.07 Å². The molecule has 0 aromatic heterocycles. The molecule has 2 aromatic rings. The minimum absolute atomic E-state index is 0.0218. The smallest absolute Gasteiger partial charge is 0.201 e. The lowest BCUT2D eigenvalue weighted by Gasteiger charge is -2.20. The van der Waals surface area contributed by atoms with Crippen molar-refractivity contribution in [3.63, 3.8) is 0 Å². The van der Waals surface area contributed by atoms with Gasteiger partial charge in [-0.25, -0.2) is 0 Å². The number of phenolic OH excluding ortho intramolecular Hbond substituents is 2. The van der Waals surface area contributed by atoms with Gasteiger partial charge in [0.1, 0.15) is 0 Å². The molecule has 2 aromatic carbocycles. The van der Waals surface area contributed by atoms with Crippen molar-refractivity contribution in [1.82, 2.24) is 0 Å². The summed E-state index contributed by atoms with van der Waals surface area (Å²) in [6.07, 6.45) is 0. The number of carbonyl (C=O) groups excluding carboxylic acids is 2. The lowest BCUT2D eigenvalue weighted by Crippen LogP contribution is -2.21. The molecule has 5 nitrogen and oxygen atoms in total. The fraction of sp³-hybridized carbons (Fsp3) is 0.0667. The van der Waals surface area contributed by atoms with Crippen LogP contribution in [0.15, 0.2) is 30.3 Å². The number of hydrogen-bond acceptors (Lipinski definition) is 5. The minimum atomic E-state index is -0.549. The molecule has 0 bridgehead atoms. The topological polar surface area (TPSA) is 83.8 Å². The molecule has 0 saturated heterocycles. The van der Waals surface area contributed by atoms with Crippen molar-refractivity contribution in [1.29, 1.82) is 0 Å². The summed E-state index contributed by atoms with van der Waals surface area (Å²) in [6, 6.07) is 7.49. The van der Waals surface area contributed by atoms with Crippen molar-refractivity contribution < 1.29 is 24.5 Å². The molecule has 0 aliphatic heterocycles. The monoisotopic (exact) mass is 270 g/mol. The van der Waals surface area contributed by atoms with Gasteiger partial charge in [0.25, 0.3) is 0 Å². The van der Waals surface area contributed by atoms with Crippen LogP contribution in [-0.4, -0.2) is 28.9 Å². The van der Waals surface area contributed by atoms with Gasteiger partial charge in [-0.05, 0) is 6.07 Å². The Labute approximate surface area is 114 Å². The van der Waals surface area contributed by atoms with Gasteiger partial charge in [-0.3, -0.25) is 9.59 Å². The molecule has 1 aliphatic carbocycles. The second-order valence-electron chi connectivity index (χ2n) is 4.40. The predicted octanol–water partition coefficient (Wildman–Crippen LogP) is 1.88. The highest BCUT2D eigenvalue weighted by Crippen LogP contribution is 2.44. The molecule has 0 fully saturated rings. The summed E-state index contributed by atoms with van der Waals surface area (Å²) in [5.74, 6) is -2.04. The average molecular weight is 270 g/mol. The van der Waals surface area contributed by atoms with Gasteiger partial charge in [-0.15, -0.1) is 0 Å². The second-order valence-corrected chi connectivity index (χ2v) is 4.40. The van der Waals surface area contributed by atoms with Crippen LogP contribution in [-0.2, 0) is 0 Å². The van der Waals surface area contributed by atoms with Gasteiger partial charge >= 0.3 is 0 Å². The maximum Gasteiger partial charge on any atom is 0.201 e. The number of phenols is 2. The largest absolute Gasteiger partial charge is 0.504 e. The normalized spacial score (nSPS) is 12.8. The van der Waals surface area contributed by atoms with Crippen molar-refractivity contribution in [3.8, 4) is 17.2 Å². The molecular formula is C15H10O5. The fourth-order valence-corrected chi connectivity index (χ4v) is 2.40. The average Bonchev–Trinajstić information content (AvgIpc) is 2.47. The molecular weight excluding hydrogens is 260 g/mol. The Kier molecular flexibility index (Phi) is 2.50. The number of aromatic hydroxyl groups is 2. The van der Waals surface area contributed by atoms with Gasteiger partial charge in [0.2, 0.25) is 5.75 Å². The van der Waals surface area contributed by atoms with Crippen LogP contribution in [0.25, 0.3) is 0 Å². The lowest BCUT2D eigenvalue weighted by molar-refractivity contribution is 0.0975. The van der Waals surface area contributed by atoms with Crippen molar-refractivity contribution in [2.45, 2.75) is 0 Å². The fourth-order valence-electron chi connectivity index (χ4n) is 2.40. The molecule has 0 amide bonds. The molecule has 0 saturated carbocycles. The van der Waals surface area contributed by atoms with Crippen molar-refractivity contribution in [3.05, 3.63) is 52.6 Å². The van der Waals surface area contributed by atoms with Gasteiger partial charge in [-0.1, -0.05) is 24.3 Å². The number of benzene rings is 2. The Balaban J connectivity index is 2.39. The first-order valence-electron chi connectivity index (χ1n) is 5.87. The van der Waals surface area contributed by atoms with Crippen LogP contribution < -0.4 is 4.74 Å². The third-order valence-corrected chi connectivity index (χ3v) is 3.33. The molecule has 100 valence electrons. The highest BCUT2D eigenvalue weighted by atomic mass is 16.5. The van der Waals surface area contributed by atoms with Crippen molar-refractivity contribution in [2.75, 3.05) is 7.11 Å². The Hall–Kier alpha value is -2.82. The number of carbonyl (C=O) groups is 2. The summed E-state index contributed by atoms with van der Waals surface area (Å²) in [6.45, 7) is 0. The molecule has 2 N–H and O–H groups in total. The van der Waals surface area contributed by atoms with E-state index in [1.54, 1.807) is 24.3 Å². The number of methoxy groups -OCH3 is 1. The van der Waals surface area contributed by atoms with E-state index < -0.39 is 17.3 Å². The number of fused-ring (bicyclic) bond motifs is 2. The summed E-state index contributed by atoms with van der Waals surface area (Å²) >= 11 is 0. The molecule has 5 heteroatoms. The molecule has 0 radical (unpaired) electrons. The summed E-state index contributed by atoms with van der Waals surface area (Å²) in [5.41, 5.74) is 0.540. The van der Waals surface area contributed by atoms with Crippen LogP contribution in [0.4, 0.5) is 0 Å². The maximum absolute atomic E-state index is 12.5. The zero-order chi connectivity index (χ0) is 14.4. The standard InChI is InChI=1S/C15H10O5/c1-20-15-11-9(6-10(16)14(15)19)12(17)7-4-2-3-5-8(7)13(11)18/h2-6,16,19H,1H3. The number of ether oxygens (including phenoxy) is 1. The van der Waals surface area contributed by atoms with Gasteiger partial charge in [0.15, 0.2) is 23.1 Å². The van der Waals surface area contributed by atoms with E-state index in [1.807, 2.05) is 0 Å². The zero-order valence-corrected chi connectivity index (χ0v) is 10.5. The molecule has 0 heterocycles. The van der Waals surface area contributed by atoms with E-state index in [-0.39, 0.29) is 33.8 Å². The summed E-state index contributed by atoms with van der Waals surface area (Å²) in [5, 5.41) is 19.4. The Bertz CT molecular complexity index is 761. The minimum Gasteiger partial charge on any atom is -0.504 e. The first kappa shape index (κ1) is 12.2. The first-order valence-corrected chi connectivity index (χ1v) is 5.87. The Morgan fingerprint density at radius 1 is 0.950 bits per heavy atom. The number of ketones is 2. The zero-order valence-electron chi connectivity index (χ0n) is 10.5. The van der Waals surface area contributed by atoms with E-state index in [0.29, 0.717) is 0 Å². The SMILES string of the molecule is COc1c(O)c(O)cc2c1C(=O)c1ccccc1C2=O. The van der Waals surface area contributed by atoms with Crippen LogP contribution in [0.2, 0.25) is 0 Å². The predicted molar refractivity (Wildman–Crippen MR) is 69.6 cm³/mol. The molecule has 1 aliphatic rings. The van der Waals surface area contributed by atoms with Crippen LogP contribution >= 0.6 is 0 Å². The maximum atomic E-state index is 12.5. The van der Waals surface area contributed by atoms with Crippen molar-refractivity contribution in [2.24, 2.45) is 0 Å². The molecule has 0 unspecified atom stereocenters. The van der Waals surface area contributed by atoms with E-state index in [2.05, 4.69) is 0 Å².